The number of benzene rings is 2. The zero-order valence-corrected chi connectivity index (χ0v) is 25.8. The number of hydrogen-bond donors (Lipinski definition) is 2. The molecule has 0 spiro atoms. The Labute approximate surface area is 250 Å². The van der Waals surface area contributed by atoms with E-state index in [1.807, 2.05) is 51.1 Å². The lowest BCUT2D eigenvalue weighted by molar-refractivity contribution is -0.137. The average molecular weight is 590 g/mol. The van der Waals surface area contributed by atoms with Crippen LogP contribution >= 0.6 is 11.3 Å². The highest BCUT2D eigenvalue weighted by Gasteiger charge is 2.25. The van der Waals surface area contributed by atoms with Gasteiger partial charge in [-0.3, -0.25) is 14.9 Å². The number of amides is 1. The Balaban J connectivity index is 1.54. The smallest absolute Gasteiger partial charge is 0.323 e. The fourth-order valence-corrected chi connectivity index (χ4v) is 7.20. The molecular formula is C33H39N3O5S. The molecule has 2 heterocycles. The standard InChI is InChI=1S/C33H39N3O5S/c1-19-11-13-25-23(15-19)21(3)31(36(25)18-29(37)38)32(39)35-33-34-30(24-17-26(40-4)20(2)16-27(24)41-5)28(42-33)14-12-22-9-7-6-8-10-22/h11,13,15-17,22H,6-10,12,14,18H2,1-5H3,(H,37,38)(H,34,35,39). The first kappa shape index (κ1) is 29.6. The zero-order valence-electron chi connectivity index (χ0n) is 25.0. The minimum absolute atomic E-state index is 0.313. The van der Waals surface area contributed by atoms with Crippen molar-refractivity contribution < 1.29 is 24.2 Å². The first-order chi connectivity index (χ1) is 20.2. The molecule has 2 aromatic heterocycles. The van der Waals surface area contributed by atoms with Gasteiger partial charge in [-0.05, 0) is 74.9 Å². The highest BCUT2D eigenvalue weighted by molar-refractivity contribution is 7.16. The summed E-state index contributed by atoms with van der Waals surface area (Å²) in [6.07, 6.45) is 8.32. The number of ether oxygens (including phenoxy) is 2. The van der Waals surface area contributed by atoms with E-state index in [9.17, 15) is 14.7 Å². The molecule has 9 heteroatoms. The van der Waals surface area contributed by atoms with E-state index in [0.29, 0.717) is 22.5 Å². The van der Waals surface area contributed by atoms with Crippen LogP contribution in [0.4, 0.5) is 5.13 Å². The van der Waals surface area contributed by atoms with E-state index in [0.717, 1.165) is 62.3 Å². The number of aromatic nitrogens is 2. The maximum atomic E-state index is 13.8. The molecule has 2 N–H and O–H groups in total. The molecule has 1 aliphatic rings. The Kier molecular flexibility index (Phi) is 8.87. The Morgan fingerprint density at radius 2 is 1.79 bits per heavy atom. The number of nitrogens with zero attached hydrogens (tertiary/aromatic N) is 2. The van der Waals surface area contributed by atoms with Gasteiger partial charge >= 0.3 is 5.97 Å². The van der Waals surface area contributed by atoms with Crippen molar-refractivity contribution in [3.63, 3.8) is 0 Å². The van der Waals surface area contributed by atoms with Crippen molar-refractivity contribution >= 4 is 39.2 Å². The molecule has 0 unspecified atom stereocenters. The van der Waals surface area contributed by atoms with Crippen LogP contribution in [0.25, 0.3) is 22.2 Å². The van der Waals surface area contributed by atoms with Crippen LogP contribution in [0.3, 0.4) is 0 Å². The molecule has 222 valence electrons. The number of methoxy groups -OCH3 is 2. The predicted molar refractivity (Wildman–Crippen MR) is 167 cm³/mol. The van der Waals surface area contributed by atoms with Crippen LogP contribution in [0.5, 0.6) is 11.5 Å². The summed E-state index contributed by atoms with van der Waals surface area (Å²) in [6, 6.07) is 9.69. The number of carbonyl (C=O) groups excluding carboxylic acids is 1. The maximum absolute atomic E-state index is 13.8. The third kappa shape index (κ3) is 6.02. The molecule has 1 amide bonds. The van der Waals surface area contributed by atoms with E-state index in [1.165, 1.54) is 43.4 Å². The van der Waals surface area contributed by atoms with E-state index in [1.54, 1.807) is 18.8 Å². The molecule has 0 aliphatic heterocycles. The fourth-order valence-electron chi connectivity index (χ4n) is 6.22. The Hall–Kier alpha value is -3.85. The van der Waals surface area contributed by atoms with E-state index in [-0.39, 0.29) is 12.5 Å². The molecule has 1 saturated carbocycles. The second-order valence-corrected chi connectivity index (χ2v) is 12.4. The van der Waals surface area contributed by atoms with Gasteiger partial charge < -0.3 is 19.1 Å². The molecule has 0 saturated heterocycles. The number of aliphatic carboxylic acids is 1. The first-order valence-corrected chi connectivity index (χ1v) is 15.4. The van der Waals surface area contributed by atoms with Gasteiger partial charge in [0.15, 0.2) is 5.13 Å². The number of fused-ring (bicyclic) bond motifs is 1. The number of aryl methyl sites for hydroxylation is 4. The topological polar surface area (TPSA) is 103 Å². The first-order valence-electron chi connectivity index (χ1n) is 14.6. The molecule has 8 nitrogen and oxygen atoms in total. The average Bonchev–Trinajstić information content (AvgIpc) is 3.49. The van der Waals surface area contributed by atoms with Crippen molar-refractivity contribution in [3.8, 4) is 22.8 Å². The van der Waals surface area contributed by atoms with E-state index < -0.39 is 5.97 Å². The van der Waals surface area contributed by atoms with Gasteiger partial charge in [-0.15, -0.1) is 11.3 Å². The molecular weight excluding hydrogens is 550 g/mol. The van der Waals surface area contributed by atoms with E-state index in [4.69, 9.17) is 14.5 Å². The maximum Gasteiger partial charge on any atom is 0.323 e. The van der Waals surface area contributed by atoms with Crippen LogP contribution in [0.1, 0.15) is 70.6 Å². The van der Waals surface area contributed by atoms with Crippen LogP contribution < -0.4 is 14.8 Å². The highest BCUT2D eigenvalue weighted by atomic mass is 32.1. The normalized spacial score (nSPS) is 13.8. The van der Waals surface area contributed by atoms with Crippen molar-refractivity contribution in [2.24, 2.45) is 5.92 Å². The number of carboxylic acid groups (broad SMARTS) is 1. The molecule has 42 heavy (non-hydrogen) atoms. The zero-order chi connectivity index (χ0) is 30.0. The third-order valence-corrected chi connectivity index (χ3v) is 9.41. The van der Waals surface area contributed by atoms with Crippen LogP contribution in [-0.2, 0) is 17.8 Å². The lowest BCUT2D eigenvalue weighted by Gasteiger charge is -2.21. The summed E-state index contributed by atoms with van der Waals surface area (Å²) in [7, 11) is 3.29. The minimum Gasteiger partial charge on any atom is -0.496 e. The largest absolute Gasteiger partial charge is 0.496 e. The second-order valence-electron chi connectivity index (χ2n) is 11.3. The molecule has 1 aliphatic carbocycles. The van der Waals surface area contributed by atoms with Gasteiger partial charge in [0.2, 0.25) is 0 Å². The molecule has 4 aromatic rings. The lowest BCUT2D eigenvalue weighted by atomic mass is 9.86. The molecule has 5 rings (SSSR count). The Morgan fingerprint density at radius 1 is 1.05 bits per heavy atom. The SMILES string of the molecule is COc1cc(-c2nc(NC(=O)c3c(C)c4cc(C)ccc4n3CC(=O)O)sc2CCC2CCCCC2)c(OC)cc1C. The molecule has 1 fully saturated rings. The summed E-state index contributed by atoms with van der Waals surface area (Å²) in [5, 5.41) is 14.0. The highest BCUT2D eigenvalue weighted by Crippen LogP contribution is 2.41. The summed E-state index contributed by atoms with van der Waals surface area (Å²) >= 11 is 1.47. The molecule has 0 atom stereocenters. The number of thiazole rings is 1. The van der Waals surface area contributed by atoms with Gasteiger partial charge in [0.25, 0.3) is 5.91 Å². The van der Waals surface area contributed by atoms with Crippen LogP contribution in [0.15, 0.2) is 30.3 Å². The second kappa shape index (κ2) is 12.6. The van der Waals surface area contributed by atoms with Gasteiger partial charge in [0.1, 0.15) is 23.7 Å². The summed E-state index contributed by atoms with van der Waals surface area (Å²) in [6.45, 7) is 5.50. The van der Waals surface area contributed by atoms with Crippen molar-refractivity contribution in [3.05, 3.63) is 57.6 Å². The number of carbonyl (C=O) groups is 2. The van der Waals surface area contributed by atoms with Crippen molar-refractivity contribution in [2.45, 2.75) is 72.3 Å². The van der Waals surface area contributed by atoms with Gasteiger partial charge in [0.05, 0.1) is 19.9 Å². The van der Waals surface area contributed by atoms with Crippen LogP contribution in [0.2, 0.25) is 0 Å². The third-order valence-electron chi connectivity index (χ3n) is 8.37. The molecule has 0 bridgehead atoms. The predicted octanol–water partition coefficient (Wildman–Crippen LogP) is 7.56. The quantitative estimate of drug-likeness (QED) is 0.198. The molecule has 0 radical (unpaired) electrons. The molecule has 2 aromatic carbocycles. The van der Waals surface area contributed by atoms with Crippen LogP contribution in [0, 0.1) is 26.7 Å². The van der Waals surface area contributed by atoms with Gasteiger partial charge in [-0.1, -0.05) is 43.7 Å². The Morgan fingerprint density at radius 3 is 2.48 bits per heavy atom. The minimum atomic E-state index is -1.01. The van der Waals surface area contributed by atoms with Crippen molar-refractivity contribution in [1.82, 2.24) is 9.55 Å². The Bertz CT molecular complexity index is 1630. The lowest BCUT2D eigenvalue weighted by Crippen LogP contribution is -2.20. The number of nitrogens with one attached hydrogen (secondary N) is 1. The van der Waals surface area contributed by atoms with Gasteiger partial charge in [-0.2, -0.15) is 0 Å². The summed E-state index contributed by atoms with van der Waals surface area (Å²) < 4.78 is 13.0. The summed E-state index contributed by atoms with van der Waals surface area (Å²) in [5.41, 5.74) is 5.39. The monoisotopic (exact) mass is 589 g/mol. The summed E-state index contributed by atoms with van der Waals surface area (Å²) in [5.74, 6) is 0.743. The summed E-state index contributed by atoms with van der Waals surface area (Å²) in [4.78, 5) is 31.6. The van der Waals surface area contributed by atoms with E-state index >= 15 is 0 Å². The van der Waals surface area contributed by atoms with Crippen LogP contribution in [-0.4, -0.2) is 40.8 Å². The van der Waals surface area contributed by atoms with Gasteiger partial charge in [0, 0.05) is 21.3 Å². The van der Waals surface area contributed by atoms with E-state index in [2.05, 4.69) is 5.32 Å². The van der Waals surface area contributed by atoms with Crippen molar-refractivity contribution in [1.29, 1.82) is 0 Å². The fraction of sp³-hybridized carbons (Fsp3) is 0.424. The van der Waals surface area contributed by atoms with Gasteiger partial charge in [-0.25, -0.2) is 4.98 Å². The number of hydrogen-bond acceptors (Lipinski definition) is 6. The van der Waals surface area contributed by atoms with Crippen molar-refractivity contribution in [2.75, 3.05) is 19.5 Å². The number of carboxylic acids is 1. The number of rotatable bonds is 10. The number of anilines is 1.